The van der Waals surface area contributed by atoms with Crippen LogP contribution in [0.25, 0.3) is 0 Å². The molecule has 0 saturated carbocycles. The summed E-state index contributed by atoms with van der Waals surface area (Å²) in [5, 5.41) is 2.84. The highest BCUT2D eigenvalue weighted by atomic mass is 16.5. The maximum absolute atomic E-state index is 12.0. The number of hydrogen-bond acceptors (Lipinski definition) is 4. The van der Waals surface area contributed by atoms with Crippen LogP contribution in [0.2, 0.25) is 0 Å². The molecule has 1 aromatic carbocycles. The Balaban J connectivity index is 2.21. The average Bonchev–Trinajstić information content (AvgIpc) is 2.66. The van der Waals surface area contributed by atoms with Crippen molar-refractivity contribution in [1.29, 1.82) is 0 Å². The molecule has 0 unspecified atom stereocenters. The van der Waals surface area contributed by atoms with Gasteiger partial charge in [-0.15, -0.1) is 0 Å². The normalized spacial score (nSPS) is 19.4. The zero-order valence-corrected chi connectivity index (χ0v) is 10.5. The molecule has 5 heteroatoms. The fourth-order valence-corrected chi connectivity index (χ4v) is 1.99. The van der Waals surface area contributed by atoms with E-state index in [1.54, 1.807) is 31.3 Å². The topological polar surface area (TPSA) is 58.6 Å². The van der Waals surface area contributed by atoms with Crippen LogP contribution in [0.1, 0.15) is 13.3 Å². The van der Waals surface area contributed by atoms with Crippen LogP contribution in [0, 0.1) is 0 Å². The summed E-state index contributed by atoms with van der Waals surface area (Å²) < 4.78 is 5.32. The highest BCUT2D eigenvalue weighted by Gasteiger charge is 2.38. The van der Waals surface area contributed by atoms with Gasteiger partial charge in [-0.25, -0.2) is 4.90 Å². The second-order valence-corrected chi connectivity index (χ2v) is 4.04. The van der Waals surface area contributed by atoms with Crippen LogP contribution in [0.15, 0.2) is 24.3 Å². The molecule has 0 bridgehead atoms. The lowest BCUT2D eigenvalue weighted by atomic mass is 10.2. The number of ether oxygens (including phenoxy) is 1. The Morgan fingerprint density at radius 2 is 2.00 bits per heavy atom. The van der Waals surface area contributed by atoms with Crippen molar-refractivity contribution in [2.24, 2.45) is 0 Å². The summed E-state index contributed by atoms with van der Waals surface area (Å²) in [6, 6.07) is 6.54. The fourth-order valence-electron chi connectivity index (χ4n) is 1.99. The van der Waals surface area contributed by atoms with Gasteiger partial charge in [0.15, 0.2) is 0 Å². The second kappa shape index (κ2) is 5.18. The van der Waals surface area contributed by atoms with E-state index in [1.807, 2.05) is 6.92 Å². The summed E-state index contributed by atoms with van der Waals surface area (Å²) in [5.41, 5.74) is 0.589. The molecule has 0 spiro atoms. The van der Waals surface area contributed by atoms with Gasteiger partial charge in [-0.2, -0.15) is 0 Å². The van der Waals surface area contributed by atoms with Gasteiger partial charge < -0.3 is 10.1 Å². The molecule has 1 atom stereocenters. The summed E-state index contributed by atoms with van der Waals surface area (Å²) in [6.45, 7) is 2.49. The van der Waals surface area contributed by atoms with Gasteiger partial charge in [0, 0.05) is 0 Å². The van der Waals surface area contributed by atoms with Gasteiger partial charge in [-0.05, 0) is 38.2 Å². The van der Waals surface area contributed by atoms with Crippen LogP contribution in [-0.2, 0) is 9.59 Å². The molecular formula is C13H16N2O3. The first kappa shape index (κ1) is 12.6. The van der Waals surface area contributed by atoms with Crippen LogP contribution in [0.3, 0.4) is 0 Å². The van der Waals surface area contributed by atoms with Crippen LogP contribution >= 0.6 is 0 Å². The third-order valence-corrected chi connectivity index (χ3v) is 2.90. The zero-order valence-electron chi connectivity index (χ0n) is 10.5. The van der Waals surface area contributed by atoms with Crippen LogP contribution < -0.4 is 15.0 Å². The molecule has 1 saturated heterocycles. The molecule has 2 rings (SSSR count). The van der Waals surface area contributed by atoms with Gasteiger partial charge in [0.2, 0.25) is 5.91 Å². The third kappa shape index (κ3) is 2.22. The third-order valence-electron chi connectivity index (χ3n) is 2.90. The number of benzene rings is 1. The van der Waals surface area contributed by atoms with Gasteiger partial charge >= 0.3 is 0 Å². The molecule has 1 aromatic rings. The summed E-state index contributed by atoms with van der Waals surface area (Å²) in [4.78, 5) is 25.0. The Morgan fingerprint density at radius 1 is 1.33 bits per heavy atom. The SMILES string of the molecule is CCOc1ccc(N2C(=O)C[C@@H](NC)C2=O)cc1. The first-order valence-corrected chi connectivity index (χ1v) is 5.94. The Hall–Kier alpha value is -1.88. The highest BCUT2D eigenvalue weighted by molar-refractivity contribution is 6.22. The van der Waals surface area contributed by atoms with Gasteiger partial charge in [0.25, 0.3) is 5.91 Å². The van der Waals surface area contributed by atoms with Crippen molar-refractivity contribution >= 4 is 17.5 Å². The van der Waals surface area contributed by atoms with E-state index in [-0.39, 0.29) is 18.2 Å². The molecule has 1 heterocycles. The minimum atomic E-state index is -0.413. The lowest BCUT2D eigenvalue weighted by Crippen LogP contribution is -2.37. The first-order chi connectivity index (χ1) is 8.67. The quantitative estimate of drug-likeness (QED) is 0.805. The smallest absolute Gasteiger partial charge is 0.251 e. The molecule has 1 aliphatic rings. The van der Waals surface area contributed by atoms with Crippen molar-refractivity contribution in [1.82, 2.24) is 5.32 Å². The lowest BCUT2D eigenvalue weighted by molar-refractivity contribution is -0.121. The highest BCUT2D eigenvalue weighted by Crippen LogP contribution is 2.24. The van der Waals surface area contributed by atoms with E-state index >= 15 is 0 Å². The van der Waals surface area contributed by atoms with E-state index < -0.39 is 6.04 Å². The van der Waals surface area contributed by atoms with Crippen LogP contribution in [-0.4, -0.2) is 31.5 Å². The first-order valence-electron chi connectivity index (χ1n) is 5.94. The van der Waals surface area contributed by atoms with Crippen molar-refractivity contribution in [2.45, 2.75) is 19.4 Å². The van der Waals surface area contributed by atoms with Crippen molar-refractivity contribution in [3.05, 3.63) is 24.3 Å². The van der Waals surface area contributed by atoms with Crippen LogP contribution in [0.5, 0.6) is 5.75 Å². The summed E-state index contributed by atoms with van der Waals surface area (Å²) in [6.07, 6.45) is 0.211. The number of carbonyl (C=O) groups is 2. The molecule has 0 radical (unpaired) electrons. The van der Waals surface area contributed by atoms with E-state index in [1.165, 1.54) is 4.90 Å². The van der Waals surface area contributed by atoms with Gasteiger partial charge in [0.05, 0.1) is 24.8 Å². The number of nitrogens with one attached hydrogen (secondary N) is 1. The Labute approximate surface area is 106 Å². The van der Waals surface area contributed by atoms with Crippen molar-refractivity contribution < 1.29 is 14.3 Å². The number of anilines is 1. The predicted molar refractivity (Wildman–Crippen MR) is 67.6 cm³/mol. The summed E-state index contributed by atoms with van der Waals surface area (Å²) in [7, 11) is 1.68. The van der Waals surface area contributed by atoms with E-state index in [0.29, 0.717) is 12.3 Å². The van der Waals surface area contributed by atoms with E-state index in [0.717, 1.165) is 5.75 Å². The molecule has 1 aliphatic heterocycles. The molecule has 1 N–H and O–H groups in total. The number of rotatable bonds is 4. The monoisotopic (exact) mass is 248 g/mol. The van der Waals surface area contributed by atoms with Crippen molar-refractivity contribution in [2.75, 3.05) is 18.6 Å². The minimum Gasteiger partial charge on any atom is -0.494 e. The Bertz CT molecular complexity index is 456. The number of amides is 2. The van der Waals surface area contributed by atoms with E-state index in [9.17, 15) is 9.59 Å². The number of carbonyl (C=O) groups excluding carboxylic acids is 2. The molecule has 0 aromatic heterocycles. The molecular weight excluding hydrogens is 232 g/mol. The van der Waals surface area contributed by atoms with Crippen molar-refractivity contribution in [3.8, 4) is 5.75 Å². The number of nitrogens with zero attached hydrogens (tertiary/aromatic N) is 1. The number of hydrogen-bond donors (Lipinski definition) is 1. The van der Waals surface area contributed by atoms with Gasteiger partial charge in [-0.3, -0.25) is 9.59 Å². The number of imide groups is 1. The fraction of sp³-hybridized carbons (Fsp3) is 0.385. The largest absolute Gasteiger partial charge is 0.494 e. The molecule has 1 fully saturated rings. The molecule has 18 heavy (non-hydrogen) atoms. The molecule has 0 aliphatic carbocycles. The summed E-state index contributed by atoms with van der Waals surface area (Å²) in [5.74, 6) is 0.348. The predicted octanol–water partition coefficient (Wildman–Crippen LogP) is 0.937. The lowest BCUT2D eigenvalue weighted by Gasteiger charge is -2.15. The Kier molecular flexibility index (Phi) is 3.62. The van der Waals surface area contributed by atoms with Gasteiger partial charge in [-0.1, -0.05) is 0 Å². The molecule has 96 valence electrons. The van der Waals surface area contributed by atoms with Gasteiger partial charge in [0.1, 0.15) is 5.75 Å². The number of likely N-dealkylation sites (N-methyl/N-ethyl adjacent to an activating group) is 1. The van der Waals surface area contributed by atoms with E-state index in [2.05, 4.69) is 5.32 Å². The molecule has 5 nitrogen and oxygen atoms in total. The maximum Gasteiger partial charge on any atom is 0.251 e. The standard InChI is InChI=1S/C13H16N2O3/c1-3-18-10-6-4-9(5-7-10)15-12(16)8-11(14-2)13(15)17/h4-7,11,14H,3,8H2,1-2H3/t11-/m1/s1. The van der Waals surface area contributed by atoms with Crippen LogP contribution in [0.4, 0.5) is 5.69 Å². The Morgan fingerprint density at radius 3 is 2.50 bits per heavy atom. The molecule has 2 amide bonds. The summed E-state index contributed by atoms with van der Waals surface area (Å²) >= 11 is 0. The second-order valence-electron chi connectivity index (χ2n) is 4.04. The van der Waals surface area contributed by atoms with Crippen molar-refractivity contribution in [3.63, 3.8) is 0 Å². The van der Waals surface area contributed by atoms with E-state index in [4.69, 9.17) is 4.74 Å². The average molecular weight is 248 g/mol. The zero-order chi connectivity index (χ0) is 13.1. The maximum atomic E-state index is 12.0. The minimum absolute atomic E-state index is 0.177.